The van der Waals surface area contributed by atoms with Gasteiger partial charge in [-0.2, -0.15) is 8.42 Å². The van der Waals surface area contributed by atoms with Gasteiger partial charge in [-0.15, -0.1) is 10.2 Å². The first-order valence-electron chi connectivity index (χ1n) is 6.68. The molecule has 1 rings (SSSR count). The highest BCUT2D eigenvalue weighted by Gasteiger charge is 2.23. The van der Waals surface area contributed by atoms with Gasteiger partial charge in [-0.3, -0.25) is 14.4 Å². The van der Waals surface area contributed by atoms with Crippen molar-refractivity contribution in [2.45, 2.75) is 37.4 Å². The van der Waals surface area contributed by atoms with E-state index in [1.54, 1.807) is 4.72 Å². The summed E-state index contributed by atoms with van der Waals surface area (Å²) in [4.78, 5) is 33.8. The molecule has 0 aliphatic rings. The number of unbranched alkanes of at least 4 members (excludes halogenated alkanes) is 1. The number of amides is 3. The van der Waals surface area contributed by atoms with Gasteiger partial charge in [0.05, 0.1) is 6.54 Å². The molecule has 128 valence electrons. The molecule has 0 spiro atoms. The molecule has 23 heavy (non-hydrogen) atoms. The van der Waals surface area contributed by atoms with E-state index in [1.807, 2.05) is 6.92 Å². The number of carbonyl (C=O) groups is 3. The Morgan fingerprint density at radius 3 is 2.48 bits per heavy atom. The highest BCUT2D eigenvalue weighted by atomic mass is 32.2. The molecular formula is C11H17N5O5S2. The van der Waals surface area contributed by atoms with E-state index >= 15 is 0 Å². The quantitative estimate of drug-likeness (QED) is 0.533. The molecule has 1 aromatic rings. The van der Waals surface area contributed by atoms with Crippen LogP contribution in [0.3, 0.4) is 0 Å². The van der Waals surface area contributed by atoms with Crippen molar-refractivity contribution in [1.82, 2.24) is 20.2 Å². The minimum absolute atomic E-state index is 0.00167. The number of hydrogen-bond donors (Lipinski definition) is 3. The van der Waals surface area contributed by atoms with Crippen molar-refractivity contribution in [2.75, 3.05) is 11.9 Å². The fourth-order valence-corrected chi connectivity index (χ4v) is 3.29. The SMILES string of the molecule is CCCCC(=O)NCC(=O)NS(=O)(=O)c1nnc(NC(C)=O)s1. The first-order valence-corrected chi connectivity index (χ1v) is 8.98. The van der Waals surface area contributed by atoms with Gasteiger partial charge >= 0.3 is 0 Å². The zero-order valence-electron chi connectivity index (χ0n) is 12.6. The van der Waals surface area contributed by atoms with Crippen LogP contribution in [0.5, 0.6) is 0 Å². The van der Waals surface area contributed by atoms with Crippen LogP contribution in [-0.4, -0.2) is 42.9 Å². The monoisotopic (exact) mass is 363 g/mol. The Kier molecular flexibility index (Phi) is 7.03. The summed E-state index contributed by atoms with van der Waals surface area (Å²) in [7, 11) is -4.20. The summed E-state index contributed by atoms with van der Waals surface area (Å²) in [5, 5.41) is 11.5. The zero-order valence-corrected chi connectivity index (χ0v) is 14.2. The number of rotatable bonds is 8. The third-order valence-corrected chi connectivity index (χ3v) is 4.95. The topological polar surface area (TPSA) is 147 Å². The molecule has 0 aliphatic heterocycles. The van der Waals surface area contributed by atoms with Crippen molar-refractivity contribution >= 4 is 44.2 Å². The van der Waals surface area contributed by atoms with Crippen LogP contribution in [0.4, 0.5) is 5.13 Å². The fourth-order valence-electron chi connectivity index (χ4n) is 1.35. The smallest absolute Gasteiger partial charge is 0.293 e. The highest BCUT2D eigenvalue weighted by molar-refractivity contribution is 7.92. The van der Waals surface area contributed by atoms with E-state index in [9.17, 15) is 22.8 Å². The number of sulfonamides is 1. The second kappa shape index (κ2) is 8.53. The molecule has 0 bridgehead atoms. The van der Waals surface area contributed by atoms with Crippen LogP contribution in [0.1, 0.15) is 33.1 Å². The van der Waals surface area contributed by atoms with Crippen molar-refractivity contribution in [3.8, 4) is 0 Å². The molecule has 1 aromatic heterocycles. The van der Waals surface area contributed by atoms with Crippen molar-refractivity contribution in [1.29, 1.82) is 0 Å². The number of anilines is 1. The average Bonchev–Trinajstić information content (AvgIpc) is 2.91. The predicted molar refractivity (Wildman–Crippen MR) is 82.1 cm³/mol. The summed E-state index contributed by atoms with van der Waals surface area (Å²) in [6, 6.07) is 0. The van der Waals surface area contributed by atoms with Gasteiger partial charge in [-0.1, -0.05) is 24.7 Å². The zero-order chi connectivity index (χ0) is 17.5. The molecule has 1 heterocycles. The summed E-state index contributed by atoms with van der Waals surface area (Å²) < 4.78 is 25.1. The highest BCUT2D eigenvalue weighted by Crippen LogP contribution is 2.19. The van der Waals surface area contributed by atoms with Gasteiger partial charge in [-0.25, -0.2) is 4.72 Å². The van der Waals surface area contributed by atoms with Crippen LogP contribution >= 0.6 is 11.3 Å². The third-order valence-electron chi connectivity index (χ3n) is 2.37. The summed E-state index contributed by atoms with van der Waals surface area (Å²) in [6.45, 7) is 2.70. The number of carbonyl (C=O) groups excluding carboxylic acids is 3. The first kappa shape index (κ1) is 19.0. The van der Waals surface area contributed by atoms with E-state index < -0.39 is 32.7 Å². The van der Waals surface area contributed by atoms with Crippen LogP contribution in [-0.2, 0) is 24.4 Å². The van der Waals surface area contributed by atoms with Crippen LogP contribution in [0.25, 0.3) is 0 Å². The molecule has 0 saturated carbocycles. The molecule has 0 aromatic carbocycles. The lowest BCUT2D eigenvalue weighted by atomic mass is 10.2. The van der Waals surface area contributed by atoms with Crippen LogP contribution in [0, 0.1) is 0 Å². The predicted octanol–water partition coefficient (Wildman–Crippen LogP) is -0.392. The molecule has 12 heteroatoms. The fraction of sp³-hybridized carbons (Fsp3) is 0.545. The van der Waals surface area contributed by atoms with Gasteiger partial charge in [0.1, 0.15) is 0 Å². The summed E-state index contributed by atoms with van der Waals surface area (Å²) in [5.41, 5.74) is 0. The Morgan fingerprint density at radius 1 is 1.17 bits per heavy atom. The Hall–Kier alpha value is -2.08. The Labute approximate surface area is 137 Å². The maximum absolute atomic E-state index is 11.9. The third kappa shape index (κ3) is 6.69. The van der Waals surface area contributed by atoms with Gasteiger partial charge in [0.25, 0.3) is 20.3 Å². The summed E-state index contributed by atoms with van der Waals surface area (Å²) in [6.07, 6.45) is 1.79. The number of nitrogens with zero attached hydrogens (tertiary/aromatic N) is 2. The van der Waals surface area contributed by atoms with Crippen molar-refractivity contribution in [2.24, 2.45) is 0 Å². The minimum atomic E-state index is -4.20. The Balaban J connectivity index is 2.57. The lowest BCUT2D eigenvalue weighted by Crippen LogP contribution is -2.39. The maximum atomic E-state index is 11.9. The van der Waals surface area contributed by atoms with E-state index in [1.165, 1.54) is 6.92 Å². The van der Waals surface area contributed by atoms with Crippen molar-refractivity contribution < 1.29 is 22.8 Å². The van der Waals surface area contributed by atoms with Crippen LogP contribution in [0.2, 0.25) is 0 Å². The normalized spacial score (nSPS) is 10.9. The standard InChI is InChI=1S/C11H17N5O5S2/c1-3-4-5-8(18)12-6-9(19)16-23(20,21)11-15-14-10(22-11)13-7(2)17/h3-6H2,1-2H3,(H,12,18)(H,16,19)(H,13,14,17). The van der Waals surface area contributed by atoms with Crippen LogP contribution < -0.4 is 15.4 Å². The number of hydrogen-bond acceptors (Lipinski definition) is 8. The molecule has 0 saturated heterocycles. The Morgan fingerprint density at radius 2 is 1.87 bits per heavy atom. The number of nitrogens with one attached hydrogen (secondary N) is 3. The van der Waals surface area contributed by atoms with Gasteiger partial charge in [-0.05, 0) is 6.42 Å². The van der Waals surface area contributed by atoms with E-state index in [-0.39, 0.29) is 17.5 Å². The maximum Gasteiger partial charge on any atom is 0.293 e. The van der Waals surface area contributed by atoms with E-state index in [2.05, 4.69) is 20.8 Å². The van der Waals surface area contributed by atoms with Gasteiger partial charge < -0.3 is 10.6 Å². The molecular weight excluding hydrogens is 346 g/mol. The molecule has 3 amide bonds. The van der Waals surface area contributed by atoms with Gasteiger partial charge in [0, 0.05) is 13.3 Å². The van der Waals surface area contributed by atoms with Gasteiger partial charge in [0.2, 0.25) is 16.9 Å². The second-order valence-electron chi connectivity index (χ2n) is 4.46. The lowest BCUT2D eigenvalue weighted by molar-refractivity contribution is -0.125. The van der Waals surface area contributed by atoms with Crippen molar-refractivity contribution in [3.63, 3.8) is 0 Å². The second-order valence-corrected chi connectivity index (χ2v) is 7.30. The summed E-state index contributed by atoms with van der Waals surface area (Å²) >= 11 is 0.601. The molecule has 0 fully saturated rings. The van der Waals surface area contributed by atoms with Crippen molar-refractivity contribution in [3.05, 3.63) is 0 Å². The largest absolute Gasteiger partial charge is 0.347 e. The molecule has 0 unspecified atom stereocenters. The average molecular weight is 363 g/mol. The molecule has 0 radical (unpaired) electrons. The molecule has 0 aliphatic carbocycles. The van der Waals surface area contributed by atoms with E-state index in [4.69, 9.17) is 0 Å². The minimum Gasteiger partial charge on any atom is -0.347 e. The molecule has 10 nitrogen and oxygen atoms in total. The van der Waals surface area contributed by atoms with E-state index in [0.717, 1.165) is 6.42 Å². The van der Waals surface area contributed by atoms with E-state index in [0.29, 0.717) is 17.8 Å². The number of aromatic nitrogens is 2. The Bertz CT molecular complexity index is 685. The van der Waals surface area contributed by atoms with Crippen LogP contribution in [0.15, 0.2) is 4.34 Å². The summed E-state index contributed by atoms with van der Waals surface area (Å²) in [5.74, 6) is -1.65. The molecule has 0 atom stereocenters. The first-order chi connectivity index (χ1) is 10.7. The molecule has 3 N–H and O–H groups in total. The van der Waals surface area contributed by atoms with Gasteiger partial charge in [0.15, 0.2) is 0 Å². The lowest BCUT2D eigenvalue weighted by Gasteiger charge is -2.05.